The van der Waals surface area contributed by atoms with Crippen molar-refractivity contribution in [2.45, 2.75) is 45.6 Å². The van der Waals surface area contributed by atoms with E-state index in [4.69, 9.17) is 0 Å². The van der Waals surface area contributed by atoms with Gasteiger partial charge >= 0.3 is 0 Å². The van der Waals surface area contributed by atoms with Gasteiger partial charge in [0.25, 0.3) is 5.91 Å². The summed E-state index contributed by atoms with van der Waals surface area (Å²) in [7, 11) is 0. The molecule has 0 saturated carbocycles. The van der Waals surface area contributed by atoms with Crippen LogP contribution in [0.4, 0.5) is 8.78 Å². The number of hydrogen-bond acceptors (Lipinski definition) is 2. The minimum Gasteiger partial charge on any atom is -0.353 e. The van der Waals surface area contributed by atoms with Gasteiger partial charge in [0.05, 0.1) is 5.92 Å². The highest BCUT2D eigenvalue weighted by molar-refractivity contribution is 5.94. The van der Waals surface area contributed by atoms with Crippen molar-refractivity contribution in [3.05, 3.63) is 35.4 Å². The first-order valence-corrected chi connectivity index (χ1v) is 8.46. The Morgan fingerprint density at radius 1 is 1.29 bits per heavy atom. The third kappa shape index (κ3) is 4.76. The van der Waals surface area contributed by atoms with Gasteiger partial charge in [-0.05, 0) is 38.3 Å². The summed E-state index contributed by atoms with van der Waals surface area (Å²) in [6.07, 6.45) is 3.31. The number of carbonyl (C=O) groups is 2. The van der Waals surface area contributed by atoms with E-state index in [1.54, 1.807) is 0 Å². The highest BCUT2D eigenvalue weighted by Gasteiger charge is 2.29. The molecule has 2 rings (SSSR count). The van der Waals surface area contributed by atoms with Crippen molar-refractivity contribution in [2.24, 2.45) is 5.92 Å². The molecule has 4 nitrogen and oxygen atoms in total. The maximum absolute atomic E-state index is 13.3. The Bertz CT molecular complexity index is 586. The first-order valence-electron chi connectivity index (χ1n) is 8.46. The summed E-state index contributed by atoms with van der Waals surface area (Å²) in [6.45, 7) is 4.79. The number of halogens is 2. The van der Waals surface area contributed by atoms with Crippen molar-refractivity contribution in [2.75, 3.05) is 13.1 Å². The summed E-state index contributed by atoms with van der Waals surface area (Å²) >= 11 is 0. The van der Waals surface area contributed by atoms with Gasteiger partial charge in [-0.25, -0.2) is 8.78 Å². The molecule has 2 atom stereocenters. The fraction of sp³-hybridized carbons (Fsp3) is 0.556. The van der Waals surface area contributed by atoms with Crippen molar-refractivity contribution in [3.63, 3.8) is 0 Å². The van der Waals surface area contributed by atoms with Crippen molar-refractivity contribution < 1.29 is 18.4 Å². The standard InChI is InChI=1S/C18H24F2N2O2/c1-3-5-12(2)21-17(23)13-6-4-7-22(11-13)18(24)14-8-15(19)10-16(20)9-14/h8-10,12-13H,3-7,11H2,1-2H3,(H,21,23)/t12-,13-/m0/s1. The molecule has 6 heteroatoms. The Labute approximate surface area is 141 Å². The number of hydrogen-bond donors (Lipinski definition) is 1. The number of amides is 2. The number of nitrogens with one attached hydrogen (secondary N) is 1. The average molecular weight is 338 g/mol. The van der Waals surface area contributed by atoms with Gasteiger partial charge in [0.2, 0.25) is 5.91 Å². The minimum atomic E-state index is -0.780. The second kappa shape index (κ2) is 8.22. The lowest BCUT2D eigenvalue weighted by Crippen LogP contribution is -2.47. The smallest absolute Gasteiger partial charge is 0.254 e. The maximum atomic E-state index is 13.3. The predicted molar refractivity (Wildman–Crippen MR) is 87.5 cm³/mol. The van der Waals surface area contributed by atoms with Crippen LogP contribution in [0, 0.1) is 17.6 Å². The molecule has 0 bridgehead atoms. The number of rotatable bonds is 5. The summed E-state index contributed by atoms with van der Waals surface area (Å²) in [5, 5.41) is 2.97. The zero-order chi connectivity index (χ0) is 17.7. The summed E-state index contributed by atoms with van der Waals surface area (Å²) in [6, 6.07) is 2.89. The summed E-state index contributed by atoms with van der Waals surface area (Å²) < 4.78 is 26.6. The molecule has 0 aliphatic carbocycles. The van der Waals surface area contributed by atoms with Gasteiger partial charge in [-0.1, -0.05) is 13.3 Å². The molecule has 0 radical (unpaired) electrons. The number of benzene rings is 1. The molecule has 1 fully saturated rings. The zero-order valence-corrected chi connectivity index (χ0v) is 14.1. The maximum Gasteiger partial charge on any atom is 0.254 e. The number of carbonyl (C=O) groups excluding carboxylic acids is 2. The summed E-state index contributed by atoms with van der Waals surface area (Å²) in [4.78, 5) is 26.3. The van der Waals surface area contributed by atoms with Gasteiger partial charge in [0.1, 0.15) is 11.6 Å². The molecule has 1 saturated heterocycles. The fourth-order valence-corrected chi connectivity index (χ4v) is 3.10. The van der Waals surface area contributed by atoms with E-state index in [0.717, 1.165) is 31.0 Å². The van der Waals surface area contributed by atoms with Crippen LogP contribution < -0.4 is 5.32 Å². The monoisotopic (exact) mass is 338 g/mol. The first-order chi connectivity index (χ1) is 11.4. The van der Waals surface area contributed by atoms with Crippen LogP contribution in [0.2, 0.25) is 0 Å². The average Bonchev–Trinajstić information content (AvgIpc) is 2.53. The Balaban J connectivity index is 2.01. The van der Waals surface area contributed by atoms with Gasteiger partial charge in [-0.3, -0.25) is 9.59 Å². The largest absolute Gasteiger partial charge is 0.353 e. The number of piperidine rings is 1. The van der Waals surface area contributed by atoms with Crippen molar-refractivity contribution >= 4 is 11.8 Å². The van der Waals surface area contributed by atoms with Crippen LogP contribution in [0.3, 0.4) is 0 Å². The molecule has 24 heavy (non-hydrogen) atoms. The molecule has 1 aliphatic heterocycles. The van der Waals surface area contributed by atoms with Crippen LogP contribution >= 0.6 is 0 Å². The van der Waals surface area contributed by atoms with E-state index in [2.05, 4.69) is 12.2 Å². The normalized spacial score (nSPS) is 19.0. The lowest BCUT2D eigenvalue weighted by Gasteiger charge is -2.32. The van der Waals surface area contributed by atoms with Gasteiger partial charge in [-0.15, -0.1) is 0 Å². The number of likely N-dealkylation sites (tertiary alicyclic amines) is 1. The second-order valence-electron chi connectivity index (χ2n) is 6.45. The quantitative estimate of drug-likeness (QED) is 0.897. The first kappa shape index (κ1) is 18.4. The predicted octanol–water partition coefficient (Wildman–Crippen LogP) is 3.12. The van der Waals surface area contributed by atoms with Crippen LogP contribution in [0.1, 0.15) is 49.9 Å². The van der Waals surface area contributed by atoms with Crippen molar-refractivity contribution in [1.82, 2.24) is 10.2 Å². The molecule has 0 aromatic heterocycles. The fourth-order valence-electron chi connectivity index (χ4n) is 3.10. The third-order valence-electron chi connectivity index (χ3n) is 4.30. The topological polar surface area (TPSA) is 49.4 Å². The van der Waals surface area contributed by atoms with Crippen LogP contribution in [0.15, 0.2) is 18.2 Å². The Kier molecular flexibility index (Phi) is 6.29. The molecule has 1 N–H and O–H groups in total. The van der Waals surface area contributed by atoms with Crippen LogP contribution in [0.5, 0.6) is 0 Å². The van der Waals surface area contributed by atoms with Crippen LogP contribution in [-0.2, 0) is 4.79 Å². The highest BCUT2D eigenvalue weighted by atomic mass is 19.1. The molecule has 1 aromatic rings. The van der Waals surface area contributed by atoms with Crippen molar-refractivity contribution in [1.29, 1.82) is 0 Å². The lowest BCUT2D eigenvalue weighted by atomic mass is 9.96. The minimum absolute atomic E-state index is 0.0205. The van der Waals surface area contributed by atoms with Crippen LogP contribution in [0.25, 0.3) is 0 Å². The van der Waals surface area contributed by atoms with Gasteiger partial charge in [0, 0.05) is 30.8 Å². The van der Waals surface area contributed by atoms with E-state index in [9.17, 15) is 18.4 Å². The van der Waals surface area contributed by atoms with E-state index in [1.807, 2.05) is 6.92 Å². The molecule has 0 unspecified atom stereocenters. The van der Waals surface area contributed by atoms with E-state index < -0.39 is 17.5 Å². The van der Waals surface area contributed by atoms with Crippen LogP contribution in [-0.4, -0.2) is 35.8 Å². The molecule has 1 heterocycles. The molecule has 2 amide bonds. The SMILES string of the molecule is CCC[C@H](C)NC(=O)[C@H]1CCCN(C(=O)c2cc(F)cc(F)c2)C1. The van der Waals surface area contributed by atoms with E-state index in [0.29, 0.717) is 19.4 Å². The second-order valence-corrected chi connectivity index (χ2v) is 6.45. The van der Waals surface area contributed by atoms with E-state index >= 15 is 0 Å². The Morgan fingerprint density at radius 3 is 2.58 bits per heavy atom. The van der Waals surface area contributed by atoms with E-state index in [1.165, 1.54) is 4.90 Å². The van der Waals surface area contributed by atoms with Gasteiger partial charge in [0.15, 0.2) is 0 Å². The number of nitrogens with zero attached hydrogens (tertiary/aromatic N) is 1. The van der Waals surface area contributed by atoms with Gasteiger partial charge in [-0.2, -0.15) is 0 Å². The molecule has 132 valence electrons. The van der Waals surface area contributed by atoms with Crippen molar-refractivity contribution in [3.8, 4) is 0 Å². The molecular formula is C18H24F2N2O2. The Hall–Kier alpha value is -1.98. The Morgan fingerprint density at radius 2 is 1.96 bits per heavy atom. The van der Waals surface area contributed by atoms with Gasteiger partial charge < -0.3 is 10.2 Å². The molecule has 1 aliphatic rings. The molecule has 0 spiro atoms. The lowest BCUT2D eigenvalue weighted by molar-refractivity contribution is -0.127. The summed E-state index contributed by atoms with van der Waals surface area (Å²) in [5.41, 5.74) is -0.0205. The zero-order valence-electron chi connectivity index (χ0n) is 14.1. The third-order valence-corrected chi connectivity index (χ3v) is 4.30. The van der Waals surface area contributed by atoms with E-state index in [-0.39, 0.29) is 30.0 Å². The molecular weight excluding hydrogens is 314 g/mol. The summed E-state index contributed by atoms with van der Waals surface area (Å²) in [5.74, 6) is -2.33. The highest BCUT2D eigenvalue weighted by Crippen LogP contribution is 2.20. The molecule has 1 aromatic carbocycles.